The van der Waals surface area contributed by atoms with E-state index < -0.39 is 11.7 Å². The number of anilines is 2. The summed E-state index contributed by atoms with van der Waals surface area (Å²) in [5.41, 5.74) is -0.0303. The van der Waals surface area contributed by atoms with Crippen molar-refractivity contribution >= 4 is 17.3 Å². The Balaban J connectivity index is 1.53. The number of amides is 1. The van der Waals surface area contributed by atoms with Gasteiger partial charge in [0.05, 0.1) is 49.5 Å². The summed E-state index contributed by atoms with van der Waals surface area (Å²) in [5, 5.41) is 2.76. The molecule has 1 saturated carbocycles. The highest BCUT2D eigenvalue weighted by Crippen LogP contribution is 2.36. The Morgan fingerprint density at radius 3 is 2.56 bits per heavy atom. The van der Waals surface area contributed by atoms with Gasteiger partial charge in [0.25, 0.3) is 0 Å². The van der Waals surface area contributed by atoms with Crippen LogP contribution < -0.4 is 10.2 Å². The number of halogens is 3. The molecule has 174 valence electrons. The number of benzene rings is 1. The molecule has 0 spiro atoms. The number of furan rings is 1. The van der Waals surface area contributed by atoms with Crippen molar-refractivity contribution in [3.8, 4) is 0 Å². The van der Waals surface area contributed by atoms with Crippen molar-refractivity contribution in [1.29, 1.82) is 0 Å². The lowest BCUT2D eigenvalue weighted by molar-refractivity contribution is -0.137. The third-order valence-electron chi connectivity index (χ3n) is 6.08. The zero-order valence-corrected chi connectivity index (χ0v) is 17.9. The second kappa shape index (κ2) is 9.95. The minimum Gasteiger partial charge on any atom is -0.468 e. The molecular weight excluding hydrogens is 423 g/mol. The molecule has 6 nitrogen and oxygen atoms in total. The highest BCUT2D eigenvalue weighted by Gasteiger charge is 2.32. The first-order valence-electron chi connectivity index (χ1n) is 11.0. The van der Waals surface area contributed by atoms with Crippen LogP contribution in [0.3, 0.4) is 0 Å². The number of nitrogens with one attached hydrogen (secondary N) is 1. The van der Waals surface area contributed by atoms with Gasteiger partial charge in [-0.15, -0.1) is 0 Å². The Labute approximate surface area is 185 Å². The minimum atomic E-state index is -4.49. The zero-order valence-electron chi connectivity index (χ0n) is 17.9. The molecule has 2 aromatic rings. The largest absolute Gasteiger partial charge is 0.468 e. The number of morpholine rings is 1. The molecule has 9 heteroatoms. The van der Waals surface area contributed by atoms with E-state index in [-0.39, 0.29) is 24.2 Å². The first-order chi connectivity index (χ1) is 15.4. The fourth-order valence-electron chi connectivity index (χ4n) is 4.45. The van der Waals surface area contributed by atoms with Crippen LogP contribution in [0, 0.1) is 0 Å². The maximum atomic E-state index is 13.3. The van der Waals surface area contributed by atoms with Crippen molar-refractivity contribution in [3.05, 3.63) is 47.9 Å². The molecule has 2 aliphatic rings. The Hall–Kier alpha value is -2.52. The molecule has 1 aliphatic carbocycles. The van der Waals surface area contributed by atoms with Gasteiger partial charge in [0.15, 0.2) is 0 Å². The maximum Gasteiger partial charge on any atom is 0.416 e. The van der Waals surface area contributed by atoms with Crippen LogP contribution in [-0.2, 0) is 22.3 Å². The van der Waals surface area contributed by atoms with Crippen LogP contribution in [-0.4, -0.2) is 49.7 Å². The van der Waals surface area contributed by atoms with Crippen LogP contribution in [0.1, 0.15) is 37.0 Å². The van der Waals surface area contributed by atoms with Crippen molar-refractivity contribution in [3.63, 3.8) is 0 Å². The Morgan fingerprint density at radius 1 is 1.16 bits per heavy atom. The number of ether oxygens (including phenoxy) is 1. The van der Waals surface area contributed by atoms with Gasteiger partial charge in [-0.05, 0) is 43.2 Å². The third kappa shape index (κ3) is 5.63. The normalized spacial score (nSPS) is 17.8. The Morgan fingerprint density at radius 2 is 1.91 bits per heavy atom. The smallest absolute Gasteiger partial charge is 0.416 e. The first kappa shape index (κ1) is 22.7. The average Bonchev–Trinajstić information content (AvgIpc) is 3.47. The maximum absolute atomic E-state index is 13.3. The molecule has 2 heterocycles. The van der Waals surface area contributed by atoms with Gasteiger partial charge in [0.2, 0.25) is 5.91 Å². The molecule has 1 aliphatic heterocycles. The average molecular weight is 451 g/mol. The van der Waals surface area contributed by atoms with Gasteiger partial charge in [-0.2, -0.15) is 13.2 Å². The topological polar surface area (TPSA) is 58.0 Å². The Kier molecular flexibility index (Phi) is 7.05. The third-order valence-corrected chi connectivity index (χ3v) is 6.08. The summed E-state index contributed by atoms with van der Waals surface area (Å²) in [4.78, 5) is 17.0. The second-order valence-corrected chi connectivity index (χ2v) is 8.30. The molecule has 0 bridgehead atoms. The standard InChI is InChI=1S/C23H28F3N3O3/c24-23(25,26)17-7-8-21(28-9-12-31-13-10-28)20(14-17)27-22(30)16-29(18-4-1-2-5-18)15-19-6-3-11-32-19/h3,6-8,11,14,18H,1-2,4-5,9-10,12-13,15-16H2,(H,27,30). The van der Waals surface area contributed by atoms with Crippen molar-refractivity contribution in [1.82, 2.24) is 4.90 Å². The van der Waals surface area contributed by atoms with E-state index in [0.717, 1.165) is 43.6 Å². The van der Waals surface area contributed by atoms with Crippen LogP contribution in [0.15, 0.2) is 41.0 Å². The molecule has 1 N–H and O–H groups in total. The number of hydrogen-bond acceptors (Lipinski definition) is 5. The fraction of sp³-hybridized carbons (Fsp3) is 0.522. The lowest BCUT2D eigenvalue weighted by Gasteiger charge is -2.31. The van der Waals surface area contributed by atoms with E-state index in [4.69, 9.17) is 9.15 Å². The SMILES string of the molecule is O=C(CN(Cc1ccco1)C1CCCC1)Nc1cc(C(F)(F)F)ccc1N1CCOCC1. The van der Waals surface area contributed by atoms with Gasteiger partial charge in [-0.25, -0.2) is 0 Å². The highest BCUT2D eigenvalue weighted by atomic mass is 19.4. The molecule has 1 amide bonds. The summed E-state index contributed by atoms with van der Waals surface area (Å²) >= 11 is 0. The van der Waals surface area contributed by atoms with Gasteiger partial charge >= 0.3 is 6.18 Å². The number of rotatable bonds is 7. The summed E-state index contributed by atoms with van der Waals surface area (Å²) < 4.78 is 50.8. The molecule has 0 atom stereocenters. The van der Waals surface area contributed by atoms with E-state index in [1.54, 1.807) is 12.3 Å². The lowest BCUT2D eigenvalue weighted by Crippen LogP contribution is -2.40. The van der Waals surface area contributed by atoms with Gasteiger partial charge in [0.1, 0.15) is 5.76 Å². The number of carbonyl (C=O) groups excluding carboxylic acids is 1. The first-order valence-corrected chi connectivity index (χ1v) is 11.0. The van der Waals surface area contributed by atoms with Gasteiger partial charge in [0, 0.05) is 19.1 Å². The summed E-state index contributed by atoms with van der Waals surface area (Å²) in [7, 11) is 0. The molecule has 0 radical (unpaired) electrons. The minimum absolute atomic E-state index is 0.0875. The van der Waals surface area contributed by atoms with Crippen LogP contribution >= 0.6 is 0 Å². The number of carbonyl (C=O) groups is 1. The molecule has 1 aromatic carbocycles. The lowest BCUT2D eigenvalue weighted by atomic mass is 10.1. The van der Waals surface area contributed by atoms with Crippen molar-refractivity contribution in [2.24, 2.45) is 0 Å². The predicted octanol–water partition coefficient (Wildman–Crippen LogP) is 4.52. The van der Waals surface area contributed by atoms with Crippen molar-refractivity contribution in [2.45, 2.75) is 44.4 Å². The molecule has 1 saturated heterocycles. The fourth-order valence-corrected chi connectivity index (χ4v) is 4.45. The van der Waals surface area contributed by atoms with E-state index in [1.165, 1.54) is 6.07 Å². The molecule has 32 heavy (non-hydrogen) atoms. The molecule has 0 unspecified atom stereocenters. The van der Waals surface area contributed by atoms with Crippen LogP contribution in [0.2, 0.25) is 0 Å². The molecule has 1 aromatic heterocycles. The monoisotopic (exact) mass is 451 g/mol. The van der Waals surface area contributed by atoms with Crippen LogP contribution in [0.25, 0.3) is 0 Å². The van der Waals surface area contributed by atoms with Crippen molar-refractivity contribution < 1.29 is 27.1 Å². The van der Waals surface area contributed by atoms with E-state index in [9.17, 15) is 18.0 Å². The van der Waals surface area contributed by atoms with Crippen LogP contribution in [0.4, 0.5) is 24.5 Å². The highest BCUT2D eigenvalue weighted by molar-refractivity contribution is 5.96. The Bertz CT molecular complexity index is 890. The summed E-state index contributed by atoms with van der Waals surface area (Å²) in [6, 6.07) is 7.44. The number of hydrogen-bond donors (Lipinski definition) is 1. The van der Waals surface area contributed by atoms with Gasteiger partial charge in [-0.3, -0.25) is 9.69 Å². The predicted molar refractivity (Wildman–Crippen MR) is 114 cm³/mol. The van der Waals surface area contributed by atoms with Crippen molar-refractivity contribution in [2.75, 3.05) is 43.1 Å². The van der Waals surface area contributed by atoms with Crippen LogP contribution in [0.5, 0.6) is 0 Å². The van der Waals surface area contributed by atoms with E-state index in [0.29, 0.717) is 38.5 Å². The number of alkyl halides is 3. The zero-order chi connectivity index (χ0) is 22.6. The quantitative estimate of drug-likeness (QED) is 0.671. The molecule has 2 fully saturated rings. The number of nitrogens with zero attached hydrogens (tertiary/aromatic N) is 2. The van der Waals surface area contributed by atoms with E-state index >= 15 is 0 Å². The van der Waals surface area contributed by atoms with Gasteiger partial charge < -0.3 is 19.4 Å². The summed E-state index contributed by atoms with van der Waals surface area (Å²) in [6.45, 7) is 2.68. The molecule has 4 rings (SSSR count). The van der Waals surface area contributed by atoms with Gasteiger partial charge in [-0.1, -0.05) is 12.8 Å². The van der Waals surface area contributed by atoms with E-state index in [1.807, 2.05) is 11.0 Å². The van der Waals surface area contributed by atoms with E-state index in [2.05, 4.69) is 10.2 Å². The summed E-state index contributed by atoms with van der Waals surface area (Å²) in [6.07, 6.45) is 1.32. The second-order valence-electron chi connectivity index (χ2n) is 8.30. The molecular formula is C23H28F3N3O3. The summed E-state index contributed by atoms with van der Waals surface area (Å²) in [5.74, 6) is 0.426.